The average molecular weight is 290 g/mol. The maximum absolute atomic E-state index is 5.73. The number of hydrogen-bond donors (Lipinski definition) is 1. The molecule has 0 aromatic carbocycles. The highest BCUT2D eigenvalue weighted by Gasteiger charge is 2.09. The smallest absolute Gasteiger partial charge is 0.177 e. The molecular weight excluding hydrogens is 280 g/mol. The highest BCUT2D eigenvalue weighted by atomic mass is 32.2. The summed E-state index contributed by atoms with van der Waals surface area (Å²) < 4.78 is 5.31. The summed E-state index contributed by atoms with van der Waals surface area (Å²) in [5, 5.41) is 6.76. The van der Waals surface area contributed by atoms with E-state index >= 15 is 0 Å². The van der Waals surface area contributed by atoms with Crippen LogP contribution in [0.4, 0.5) is 5.82 Å². The fourth-order valence-corrected chi connectivity index (χ4v) is 2.93. The second-order valence-corrected chi connectivity index (χ2v) is 5.61. The van der Waals surface area contributed by atoms with E-state index in [1.54, 1.807) is 23.7 Å². The lowest BCUT2D eigenvalue weighted by Crippen LogP contribution is -1.94. The number of nitrogens with zero attached hydrogens (tertiary/aromatic N) is 3. The monoisotopic (exact) mass is 290 g/mol. The predicted octanol–water partition coefficient (Wildman–Crippen LogP) is 3.07. The van der Waals surface area contributed by atoms with E-state index in [0.29, 0.717) is 16.6 Å². The van der Waals surface area contributed by atoms with E-state index in [4.69, 9.17) is 10.3 Å². The lowest BCUT2D eigenvalue weighted by Gasteiger charge is -1.99. The minimum atomic E-state index is 0.439. The van der Waals surface area contributed by atoms with Gasteiger partial charge >= 0.3 is 0 Å². The molecule has 0 atom stereocenters. The zero-order chi connectivity index (χ0) is 13.1. The third kappa shape index (κ3) is 2.77. The Morgan fingerprint density at radius 1 is 1.32 bits per heavy atom. The summed E-state index contributed by atoms with van der Waals surface area (Å²) in [6.45, 7) is 0. The number of nitrogens with two attached hydrogens (primary N) is 1. The molecule has 0 fully saturated rings. The van der Waals surface area contributed by atoms with Gasteiger partial charge in [0.1, 0.15) is 5.03 Å². The van der Waals surface area contributed by atoms with E-state index in [0.717, 1.165) is 16.3 Å². The largest absolute Gasteiger partial charge is 0.381 e. The molecule has 3 aromatic rings. The van der Waals surface area contributed by atoms with Crippen molar-refractivity contribution in [3.8, 4) is 10.6 Å². The SMILES string of the molecule is Nc1nccnc1SCc1cc(-c2cccs2)on1. The maximum atomic E-state index is 5.73. The van der Waals surface area contributed by atoms with Crippen LogP contribution in [0.25, 0.3) is 10.6 Å². The molecule has 0 radical (unpaired) electrons. The van der Waals surface area contributed by atoms with Crippen LogP contribution >= 0.6 is 23.1 Å². The van der Waals surface area contributed by atoms with Crippen molar-refractivity contribution < 1.29 is 4.52 Å². The molecule has 3 heterocycles. The van der Waals surface area contributed by atoms with Crippen molar-refractivity contribution in [2.75, 3.05) is 5.73 Å². The van der Waals surface area contributed by atoms with E-state index in [1.807, 2.05) is 23.6 Å². The number of aromatic nitrogens is 3. The molecule has 0 amide bonds. The number of thiophene rings is 1. The molecule has 0 aliphatic carbocycles. The molecule has 0 spiro atoms. The number of nitrogen functional groups attached to an aromatic ring is 1. The highest BCUT2D eigenvalue weighted by Crippen LogP contribution is 2.28. The number of anilines is 1. The number of thioether (sulfide) groups is 1. The molecule has 0 bridgehead atoms. The number of hydrogen-bond acceptors (Lipinski definition) is 7. The van der Waals surface area contributed by atoms with Gasteiger partial charge in [-0.3, -0.25) is 0 Å². The normalized spacial score (nSPS) is 10.7. The number of rotatable bonds is 4. The first-order valence-electron chi connectivity index (χ1n) is 5.51. The van der Waals surface area contributed by atoms with E-state index in [2.05, 4.69) is 15.1 Å². The van der Waals surface area contributed by atoms with Gasteiger partial charge in [-0.05, 0) is 11.4 Å². The third-order valence-corrected chi connectivity index (χ3v) is 4.28. The molecule has 96 valence electrons. The van der Waals surface area contributed by atoms with Crippen molar-refractivity contribution in [2.45, 2.75) is 10.8 Å². The Balaban J connectivity index is 1.70. The predicted molar refractivity (Wildman–Crippen MR) is 75.8 cm³/mol. The molecular formula is C12H10N4OS2. The summed E-state index contributed by atoms with van der Waals surface area (Å²) >= 11 is 3.12. The summed E-state index contributed by atoms with van der Waals surface area (Å²) in [5.74, 6) is 1.88. The van der Waals surface area contributed by atoms with Gasteiger partial charge in [0.25, 0.3) is 0 Å². The van der Waals surface area contributed by atoms with Crippen LogP contribution in [0.5, 0.6) is 0 Å². The zero-order valence-electron chi connectivity index (χ0n) is 9.81. The summed E-state index contributed by atoms with van der Waals surface area (Å²) in [5.41, 5.74) is 6.59. The quantitative estimate of drug-likeness (QED) is 0.744. The fourth-order valence-electron chi connectivity index (χ4n) is 1.50. The van der Waals surface area contributed by atoms with E-state index in [1.165, 1.54) is 11.8 Å². The van der Waals surface area contributed by atoms with Crippen LogP contribution in [0.1, 0.15) is 5.69 Å². The summed E-state index contributed by atoms with van der Waals surface area (Å²) in [7, 11) is 0. The summed E-state index contributed by atoms with van der Waals surface area (Å²) in [6, 6.07) is 5.92. The second kappa shape index (κ2) is 5.41. The van der Waals surface area contributed by atoms with Gasteiger partial charge in [-0.15, -0.1) is 11.3 Å². The van der Waals surface area contributed by atoms with Gasteiger partial charge in [-0.25, -0.2) is 9.97 Å². The molecule has 0 saturated heterocycles. The lowest BCUT2D eigenvalue weighted by atomic mass is 10.3. The van der Waals surface area contributed by atoms with Gasteiger partial charge in [0.2, 0.25) is 0 Å². The molecule has 7 heteroatoms. The van der Waals surface area contributed by atoms with Crippen molar-refractivity contribution in [1.82, 2.24) is 15.1 Å². The van der Waals surface area contributed by atoms with E-state index in [9.17, 15) is 0 Å². The van der Waals surface area contributed by atoms with Gasteiger partial charge < -0.3 is 10.3 Å². The van der Waals surface area contributed by atoms with Crippen molar-refractivity contribution >= 4 is 28.9 Å². The Morgan fingerprint density at radius 3 is 3.00 bits per heavy atom. The second-order valence-electron chi connectivity index (χ2n) is 3.70. The Labute approximate surface area is 117 Å². The van der Waals surface area contributed by atoms with Crippen LogP contribution in [0.3, 0.4) is 0 Å². The lowest BCUT2D eigenvalue weighted by molar-refractivity contribution is 0.427. The molecule has 3 aromatic heterocycles. The Kier molecular flexibility index (Phi) is 3.47. The van der Waals surface area contributed by atoms with Crippen LogP contribution in [0.2, 0.25) is 0 Å². The van der Waals surface area contributed by atoms with Gasteiger partial charge in [0, 0.05) is 24.2 Å². The van der Waals surface area contributed by atoms with Gasteiger partial charge in [0.15, 0.2) is 11.6 Å². The third-order valence-electron chi connectivity index (χ3n) is 2.37. The Bertz CT molecular complexity index is 666. The molecule has 0 aliphatic heterocycles. The van der Waals surface area contributed by atoms with Gasteiger partial charge in [0.05, 0.1) is 10.6 Å². The van der Waals surface area contributed by atoms with Crippen LogP contribution in [-0.2, 0) is 5.75 Å². The Hall–Kier alpha value is -1.86. The molecule has 0 aliphatic rings. The van der Waals surface area contributed by atoms with Crippen LogP contribution < -0.4 is 5.73 Å². The van der Waals surface area contributed by atoms with Crippen molar-refractivity contribution in [2.24, 2.45) is 0 Å². The van der Waals surface area contributed by atoms with Gasteiger partial charge in [-0.1, -0.05) is 23.0 Å². The molecule has 0 saturated carbocycles. The van der Waals surface area contributed by atoms with Crippen molar-refractivity contribution in [3.05, 3.63) is 41.7 Å². The average Bonchev–Trinajstić information content (AvgIpc) is 3.09. The fraction of sp³-hybridized carbons (Fsp3) is 0.0833. The summed E-state index contributed by atoms with van der Waals surface area (Å²) in [4.78, 5) is 9.23. The van der Waals surface area contributed by atoms with E-state index in [-0.39, 0.29) is 0 Å². The molecule has 5 nitrogen and oxygen atoms in total. The van der Waals surface area contributed by atoms with Crippen LogP contribution in [0.15, 0.2) is 45.5 Å². The summed E-state index contributed by atoms with van der Waals surface area (Å²) in [6.07, 6.45) is 3.20. The van der Waals surface area contributed by atoms with Crippen molar-refractivity contribution in [1.29, 1.82) is 0 Å². The molecule has 19 heavy (non-hydrogen) atoms. The molecule has 2 N–H and O–H groups in total. The minimum absolute atomic E-state index is 0.439. The van der Waals surface area contributed by atoms with Crippen LogP contribution in [0, 0.1) is 0 Å². The first kappa shape index (κ1) is 12.2. The van der Waals surface area contributed by atoms with E-state index < -0.39 is 0 Å². The minimum Gasteiger partial charge on any atom is -0.381 e. The van der Waals surface area contributed by atoms with Crippen LogP contribution in [-0.4, -0.2) is 15.1 Å². The van der Waals surface area contributed by atoms with Crippen molar-refractivity contribution in [3.63, 3.8) is 0 Å². The zero-order valence-corrected chi connectivity index (χ0v) is 11.4. The highest BCUT2D eigenvalue weighted by molar-refractivity contribution is 7.98. The Morgan fingerprint density at radius 2 is 2.21 bits per heavy atom. The molecule has 0 unspecified atom stereocenters. The first-order chi connectivity index (χ1) is 9.33. The maximum Gasteiger partial charge on any atom is 0.177 e. The first-order valence-corrected chi connectivity index (χ1v) is 7.38. The topological polar surface area (TPSA) is 77.8 Å². The molecule has 3 rings (SSSR count). The standard InChI is InChI=1S/C12H10N4OS2/c13-11-12(15-4-3-14-11)19-7-8-6-9(17-16-8)10-2-1-5-18-10/h1-6H,7H2,(H2,13,14). The van der Waals surface area contributed by atoms with Gasteiger partial charge in [-0.2, -0.15) is 0 Å².